The van der Waals surface area contributed by atoms with E-state index in [2.05, 4.69) is 4.98 Å². The van der Waals surface area contributed by atoms with E-state index in [1.54, 1.807) is 18.2 Å². The van der Waals surface area contributed by atoms with Crippen molar-refractivity contribution in [2.75, 3.05) is 20.0 Å². The van der Waals surface area contributed by atoms with Crippen molar-refractivity contribution in [3.05, 3.63) is 46.7 Å². The zero-order chi connectivity index (χ0) is 14.7. The van der Waals surface area contributed by atoms with Crippen molar-refractivity contribution in [3.63, 3.8) is 0 Å². The van der Waals surface area contributed by atoms with Crippen LogP contribution in [0.25, 0.3) is 0 Å². The minimum absolute atomic E-state index is 0.245. The number of ether oxygens (including phenoxy) is 2. The molecule has 1 aromatic carbocycles. The summed E-state index contributed by atoms with van der Waals surface area (Å²) in [5, 5.41) is 0.245. The molecule has 0 bridgehead atoms. The van der Waals surface area contributed by atoms with Crippen molar-refractivity contribution in [3.8, 4) is 11.5 Å². The Kier molecular flexibility index (Phi) is 4.10. The normalized spacial score (nSPS) is 10.2. The Morgan fingerprint density at radius 1 is 1.20 bits per heavy atom. The molecule has 0 atom stereocenters. The van der Waals surface area contributed by atoms with Gasteiger partial charge in [-0.25, -0.2) is 4.98 Å². The first-order valence-electron chi connectivity index (χ1n) is 5.74. The van der Waals surface area contributed by atoms with Crippen molar-refractivity contribution in [2.45, 2.75) is 0 Å². The van der Waals surface area contributed by atoms with E-state index in [0.29, 0.717) is 28.3 Å². The van der Waals surface area contributed by atoms with E-state index in [0.717, 1.165) is 0 Å². The number of nitrogen functional groups attached to an aromatic ring is 1. The van der Waals surface area contributed by atoms with Gasteiger partial charge in [0.1, 0.15) is 5.15 Å². The second-order valence-corrected chi connectivity index (χ2v) is 4.38. The van der Waals surface area contributed by atoms with Gasteiger partial charge in [0, 0.05) is 29.1 Å². The fourth-order valence-electron chi connectivity index (χ4n) is 1.79. The topological polar surface area (TPSA) is 74.4 Å². The number of carbonyl (C=O) groups is 1. The number of benzene rings is 1. The van der Waals surface area contributed by atoms with E-state index < -0.39 is 0 Å². The van der Waals surface area contributed by atoms with Crippen LogP contribution in [0.1, 0.15) is 15.9 Å². The van der Waals surface area contributed by atoms with E-state index in [-0.39, 0.29) is 10.9 Å². The van der Waals surface area contributed by atoms with Gasteiger partial charge in [-0.1, -0.05) is 11.6 Å². The van der Waals surface area contributed by atoms with Crippen molar-refractivity contribution >= 4 is 23.1 Å². The summed E-state index contributed by atoms with van der Waals surface area (Å²) in [6.07, 6.45) is 1.46. The van der Waals surface area contributed by atoms with Gasteiger partial charge in [-0.2, -0.15) is 0 Å². The molecule has 2 aromatic rings. The van der Waals surface area contributed by atoms with Crippen molar-refractivity contribution in [2.24, 2.45) is 0 Å². The fraction of sp³-hybridized carbons (Fsp3) is 0.143. The Morgan fingerprint density at radius 3 is 2.45 bits per heavy atom. The highest BCUT2D eigenvalue weighted by molar-refractivity contribution is 6.30. The van der Waals surface area contributed by atoms with Gasteiger partial charge < -0.3 is 15.2 Å². The van der Waals surface area contributed by atoms with E-state index in [1.165, 1.54) is 26.5 Å². The maximum atomic E-state index is 12.4. The Bertz CT molecular complexity index is 659. The first-order valence-corrected chi connectivity index (χ1v) is 6.12. The average Bonchev–Trinajstić information content (AvgIpc) is 2.46. The molecular weight excluding hydrogens is 280 g/mol. The SMILES string of the molecule is COc1cc(N)c(C(=O)c2ccnc(Cl)c2)cc1OC. The summed E-state index contributed by atoms with van der Waals surface area (Å²) in [6, 6.07) is 6.16. The van der Waals surface area contributed by atoms with E-state index in [1.807, 2.05) is 0 Å². The number of ketones is 1. The Balaban J connectivity index is 2.49. The standard InChI is InChI=1S/C14H13ClN2O3/c1-19-11-6-9(10(16)7-12(11)20-2)14(18)8-3-4-17-13(15)5-8/h3-7H,16H2,1-2H3. The second-order valence-electron chi connectivity index (χ2n) is 3.99. The average molecular weight is 293 g/mol. The van der Waals surface area contributed by atoms with Crippen LogP contribution in [-0.2, 0) is 0 Å². The molecule has 0 aliphatic heterocycles. The number of anilines is 1. The Morgan fingerprint density at radius 2 is 1.85 bits per heavy atom. The highest BCUT2D eigenvalue weighted by Gasteiger charge is 2.17. The van der Waals surface area contributed by atoms with Crippen molar-refractivity contribution in [1.29, 1.82) is 0 Å². The fourth-order valence-corrected chi connectivity index (χ4v) is 1.96. The van der Waals surface area contributed by atoms with Crippen molar-refractivity contribution < 1.29 is 14.3 Å². The third-order valence-electron chi connectivity index (χ3n) is 2.79. The highest BCUT2D eigenvalue weighted by Crippen LogP contribution is 2.33. The quantitative estimate of drug-likeness (QED) is 0.532. The molecule has 20 heavy (non-hydrogen) atoms. The minimum Gasteiger partial charge on any atom is -0.493 e. The summed E-state index contributed by atoms with van der Waals surface area (Å²) in [5.74, 6) is 0.646. The number of carbonyl (C=O) groups excluding carboxylic acids is 1. The van der Waals surface area contributed by atoms with Gasteiger partial charge in [-0.3, -0.25) is 4.79 Å². The molecule has 0 saturated carbocycles. The lowest BCUT2D eigenvalue weighted by atomic mass is 10.0. The van der Waals surface area contributed by atoms with Gasteiger partial charge in [-0.15, -0.1) is 0 Å². The minimum atomic E-state index is -0.257. The number of methoxy groups -OCH3 is 2. The van der Waals surface area contributed by atoms with Crippen molar-refractivity contribution in [1.82, 2.24) is 4.98 Å². The maximum Gasteiger partial charge on any atom is 0.195 e. The molecule has 0 amide bonds. The first-order chi connectivity index (χ1) is 9.56. The largest absolute Gasteiger partial charge is 0.493 e. The summed E-state index contributed by atoms with van der Waals surface area (Å²) in [4.78, 5) is 16.3. The van der Waals surface area contributed by atoms with E-state index in [9.17, 15) is 4.79 Å². The molecule has 104 valence electrons. The number of halogens is 1. The number of aromatic nitrogens is 1. The van der Waals surface area contributed by atoms with E-state index in [4.69, 9.17) is 26.8 Å². The number of hydrogen-bond acceptors (Lipinski definition) is 5. The first kappa shape index (κ1) is 14.1. The number of nitrogens with zero attached hydrogens (tertiary/aromatic N) is 1. The number of rotatable bonds is 4. The summed E-state index contributed by atoms with van der Waals surface area (Å²) < 4.78 is 10.3. The lowest BCUT2D eigenvalue weighted by molar-refractivity contribution is 0.103. The molecule has 6 heteroatoms. The predicted octanol–water partition coefficient (Wildman–Crippen LogP) is 2.57. The molecule has 0 aliphatic rings. The van der Waals surface area contributed by atoms with Gasteiger partial charge >= 0.3 is 0 Å². The van der Waals surface area contributed by atoms with Crippen LogP contribution in [-0.4, -0.2) is 25.0 Å². The maximum absolute atomic E-state index is 12.4. The van der Waals surface area contributed by atoms with Crippen LogP contribution in [0.4, 0.5) is 5.69 Å². The lowest BCUT2D eigenvalue weighted by Gasteiger charge is -2.12. The number of hydrogen-bond donors (Lipinski definition) is 1. The molecule has 1 heterocycles. The molecule has 1 aromatic heterocycles. The Hall–Kier alpha value is -2.27. The van der Waals surface area contributed by atoms with Crippen LogP contribution in [0, 0.1) is 0 Å². The second kappa shape index (κ2) is 5.79. The van der Waals surface area contributed by atoms with Gasteiger partial charge in [0.05, 0.1) is 14.2 Å². The summed E-state index contributed by atoms with van der Waals surface area (Å²) >= 11 is 5.78. The molecule has 0 unspecified atom stereocenters. The molecule has 0 spiro atoms. The summed E-state index contributed by atoms with van der Waals surface area (Å²) in [6.45, 7) is 0. The van der Waals surface area contributed by atoms with Gasteiger partial charge in [0.2, 0.25) is 0 Å². The third-order valence-corrected chi connectivity index (χ3v) is 3.00. The lowest BCUT2D eigenvalue weighted by Crippen LogP contribution is -2.07. The van der Waals surface area contributed by atoms with Crippen LogP contribution >= 0.6 is 11.6 Å². The summed E-state index contributed by atoms with van der Waals surface area (Å²) in [7, 11) is 2.99. The molecule has 0 fully saturated rings. The van der Waals surface area contributed by atoms with Crippen LogP contribution in [0.5, 0.6) is 11.5 Å². The van der Waals surface area contributed by atoms with Crippen LogP contribution < -0.4 is 15.2 Å². The number of nitrogens with two attached hydrogens (primary N) is 1. The molecule has 2 rings (SSSR count). The number of pyridine rings is 1. The molecule has 2 N–H and O–H groups in total. The van der Waals surface area contributed by atoms with Crippen LogP contribution in [0.15, 0.2) is 30.5 Å². The monoisotopic (exact) mass is 292 g/mol. The molecule has 5 nitrogen and oxygen atoms in total. The molecule has 0 radical (unpaired) electrons. The van der Waals surface area contributed by atoms with Gasteiger partial charge in [0.15, 0.2) is 17.3 Å². The molecular formula is C14H13ClN2O3. The predicted molar refractivity (Wildman–Crippen MR) is 76.6 cm³/mol. The van der Waals surface area contributed by atoms with Crippen LogP contribution in [0.2, 0.25) is 5.15 Å². The zero-order valence-corrected chi connectivity index (χ0v) is 11.8. The Labute approximate surface area is 121 Å². The summed E-state index contributed by atoms with van der Waals surface area (Å²) in [5.41, 5.74) is 6.93. The van der Waals surface area contributed by atoms with E-state index >= 15 is 0 Å². The highest BCUT2D eigenvalue weighted by atomic mass is 35.5. The van der Waals surface area contributed by atoms with Gasteiger partial charge in [0.25, 0.3) is 0 Å². The van der Waals surface area contributed by atoms with Crippen LogP contribution in [0.3, 0.4) is 0 Å². The molecule has 0 aliphatic carbocycles. The zero-order valence-electron chi connectivity index (χ0n) is 11.0. The smallest absolute Gasteiger partial charge is 0.195 e. The van der Waals surface area contributed by atoms with Gasteiger partial charge in [-0.05, 0) is 18.2 Å². The molecule has 0 saturated heterocycles. The third kappa shape index (κ3) is 2.67.